The quantitative estimate of drug-likeness (QED) is 0.760. The minimum atomic E-state index is -0.177. The number of piperazine rings is 1. The number of anilines is 1. The average molecular weight is 422 g/mol. The van der Waals surface area contributed by atoms with Crippen LogP contribution in [0.2, 0.25) is 10.0 Å². The molecule has 1 aromatic heterocycles. The molecular weight excluding hydrogens is 401 g/mol. The summed E-state index contributed by atoms with van der Waals surface area (Å²) in [6.45, 7) is 3.01. The van der Waals surface area contributed by atoms with Crippen molar-refractivity contribution in [3.63, 3.8) is 0 Å². The molecule has 1 atom stereocenters. The molecule has 0 radical (unpaired) electrons. The Morgan fingerprint density at radius 3 is 2.71 bits per heavy atom. The van der Waals surface area contributed by atoms with E-state index in [9.17, 15) is 4.79 Å². The molecule has 0 aliphatic carbocycles. The number of benzene rings is 1. The highest BCUT2D eigenvalue weighted by Crippen LogP contribution is 2.32. The Bertz CT molecular complexity index is 885. The first kappa shape index (κ1) is 19.2. The number of nitrogens with zero attached hydrogens (tertiary/aromatic N) is 3. The number of aromatic nitrogens is 1. The van der Waals surface area contributed by atoms with Crippen molar-refractivity contribution < 1.29 is 14.3 Å². The Hall–Kier alpha value is -2.18. The molecule has 1 aromatic carbocycles. The van der Waals surface area contributed by atoms with Crippen LogP contribution in [0.5, 0.6) is 11.5 Å². The summed E-state index contributed by atoms with van der Waals surface area (Å²) in [6, 6.07) is 7.40. The number of fused-ring (bicyclic) bond motifs is 1. The Morgan fingerprint density at radius 2 is 2.00 bits per heavy atom. The number of carbonyl (C=O) groups excluding carboxylic acids is 1. The zero-order chi connectivity index (χ0) is 19.7. The summed E-state index contributed by atoms with van der Waals surface area (Å²) in [5, 5.41) is 1.04. The van der Waals surface area contributed by atoms with Crippen molar-refractivity contribution in [1.29, 1.82) is 0 Å². The van der Waals surface area contributed by atoms with Gasteiger partial charge in [-0.25, -0.2) is 4.98 Å². The van der Waals surface area contributed by atoms with E-state index >= 15 is 0 Å². The lowest BCUT2D eigenvalue weighted by Gasteiger charge is -2.38. The second-order valence-electron chi connectivity index (χ2n) is 6.96. The smallest absolute Gasteiger partial charge is 0.229 e. The number of halogens is 2. The van der Waals surface area contributed by atoms with E-state index in [-0.39, 0.29) is 11.8 Å². The van der Waals surface area contributed by atoms with Gasteiger partial charge in [-0.15, -0.1) is 0 Å². The Balaban J connectivity index is 1.39. The predicted molar refractivity (Wildman–Crippen MR) is 109 cm³/mol. The van der Waals surface area contributed by atoms with Crippen molar-refractivity contribution in [3.8, 4) is 11.5 Å². The Labute approximate surface area is 173 Å². The van der Waals surface area contributed by atoms with Gasteiger partial charge >= 0.3 is 0 Å². The fourth-order valence-electron chi connectivity index (χ4n) is 3.69. The number of rotatable bonds is 3. The molecule has 2 aliphatic rings. The van der Waals surface area contributed by atoms with Gasteiger partial charge in [-0.1, -0.05) is 23.2 Å². The zero-order valence-corrected chi connectivity index (χ0v) is 17.0. The largest absolute Gasteiger partial charge is 0.497 e. The second-order valence-corrected chi connectivity index (χ2v) is 7.80. The number of carbonyl (C=O) groups is 1. The first-order valence-corrected chi connectivity index (χ1v) is 9.95. The number of hydrogen-bond acceptors (Lipinski definition) is 5. The molecular formula is C20H21Cl2N3O3. The van der Waals surface area contributed by atoms with Crippen molar-refractivity contribution in [2.45, 2.75) is 6.42 Å². The number of methoxy groups -OCH3 is 1. The molecule has 0 bridgehead atoms. The van der Waals surface area contributed by atoms with E-state index in [1.54, 1.807) is 19.4 Å². The van der Waals surface area contributed by atoms with E-state index < -0.39 is 0 Å². The normalized spacial score (nSPS) is 19.0. The van der Waals surface area contributed by atoms with Crippen LogP contribution in [0.15, 0.2) is 30.5 Å². The van der Waals surface area contributed by atoms with Gasteiger partial charge in [0.1, 0.15) is 23.9 Å². The van der Waals surface area contributed by atoms with E-state index in [0.717, 1.165) is 17.1 Å². The van der Waals surface area contributed by atoms with Gasteiger partial charge in [-0.05, 0) is 36.2 Å². The standard InChI is InChI=1S/C20H21Cl2N3O3/c1-27-16-2-3-18-13(9-16)8-14(12-28-18)20(26)25-6-4-24(5-7-25)19-17(22)10-15(21)11-23-19/h2-3,9-11,14H,4-8,12H2,1H3. The van der Waals surface area contributed by atoms with Crippen molar-refractivity contribution >= 4 is 34.9 Å². The van der Waals surface area contributed by atoms with Crippen LogP contribution in [0.1, 0.15) is 5.56 Å². The molecule has 1 unspecified atom stereocenters. The second kappa shape index (κ2) is 8.05. The van der Waals surface area contributed by atoms with E-state index in [1.165, 1.54) is 0 Å². The van der Waals surface area contributed by atoms with Crippen molar-refractivity contribution in [3.05, 3.63) is 46.1 Å². The molecule has 2 aromatic rings. The van der Waals surface area contributed by atoms with Crippen LogP contribution in [0, 0.1) is 5.92 Å². The van der Waals surface area contributed by atoms with E-state index in [2.05, 4.69) is 9.88 Å². The van der Waals surface area contributed by atoms with Gasteiger partial charge < -0.3 is 19.3 Å². The third-order valence-corrected chi connectivity index (χ3v) is 5.69. The molecule has 6 nitrogen and oxygen atoms in total. The minimum absolute atomic E-state index is 0.128. The monoisotopic (exact) mass is 421 g/mol. The molecule has 2 aliphatic heterocycles. The lowest BCUT2D eigenvalue weighted by molar-refractivity contribution is -0.137. The maximum atomic E-state index is 13.0. The fourth-order valence-corrected chi connectivity index (χ4v) is 4.19. The van der Waals surface area contributed by atoms with Gasteiger partial charge in [0.25, 0.3) is 0 Å². The van der Waals surface area contributed by atoms with Crippen LogP contribution in [-0.2, 0) is 11.2 Å². The molecule has 1 fully saturated rings. The first-order chi connectivity index (χ1) is 13.5. The number of ether oxygens (including phenoxy) is 2. The fraction of sp³-hybridized carbons (Fsp3) is 0.400. The topological polar surface area (TPSA) is 54.9 Å². The Morgan fingerprint density at radius 1 is 1.21 bits per heavy atom. The molecule has 1 saturated heterocycles. The SMILES string of the molecule is COc1ccc2c(c1)CC(C(=O)N1CCN(c3ncc(Cl)cc3Cl)CC1)CO2. The third kappa shape index (κ3) is 3.84. The number of amides is 1. The average Bonchev–Trinajstić information content (AvgIpc) is 2.72. The van der Waals surface area contributed by atoms with Crippen LogP contribution in [0.3, 0.4) is 0 Å². The van der Waals surface area contributed by atoms with E-state index in [0.29, 0.717) is 55.1 Å². The summed E-state index contributed by atoms with van der Waals surface area (Å²) in [5.41, 5.74) is 1.01. The molecule has 0 spiro atoms. The van der Waals surface area contributed by atoms with Gasteiger partial charge in [0.2, 0.25) is 5.91 Å². The summed E-state index contributed by atoms with van der Waals surface area (Å²) in [5.74, 6) is 2.27. The van der Waals surface area contributed by atoms with Gasteiger partial charge in [0.05, 0.1) is 23.1 Å². The molecule has 4 rings (SSSR count). The van der Waals surface area contributed by atoms with Crippen molar-refractivity contribution in [2.24, 2.45) is 5.92 Å². The van der Waals surface area contributed by atoms with Gasteiger partial charge in [0, 0.05) is 32.4 Å². The molecule has 148 valence electrons. The highest BCUT2D eigenvalue weighted by atomic mass is 35.5. The summed E-state index contributed by atoms with van der Waals surface area (Å²) in [7, 11) is 1.63. The summed E-state index contributed by atoms with van der Waals surface area (Å²) < 4.78 is 11.1. The molecule has 28 heavy (non-hydrogen) atoms. The van der Waals surface area contributed by atoms with Crippen LogP contribution in [-0.4, -0.2) is 55.7 Å². The predicted octanol–water partition coefficient (Wildman–Crippen LogP) is 3.30. The third-order valence-electron chi connectivity index (χ3n) is 5.20. The van der Waals surface area contributed by atoms with Crippen molar-refractivity contribution in [1.82, 2.24) is 9.88 Å². The molecule has 3 heterocycles. The lowest BCUT2D eigenvalue weighted by atomic mass is 9.95. The van der Waals surface area contributed by atoms with Crippen LogP contribution in [0.4, 0.5) is 5.82 Å². The maximum absolute atomic E-state index is 13.0. The molecule has 0 N–H and O–H groups in total. The van der Waals surface area contributed by atoms with Crippen molar-refractivity contribution in [2.75, 3.05) is 44.8 Å². The first-order valence-electron chi connectivity index (χ1n) is 9.19. The highest BCUT2D eigenvalue weighted by molar-refractivity contribution is 6.36. The van der Waals surface area contributed by atoms with Gasteiger partial charge in [-0.2, -0.15) is 0 Å². The highest BCUT2D eigenvalue weighted by Gasteiger charge is 2.32. The summed E-state index contributed by atoms with van der Waals surface area (Å²) in [6.07, 6.45) is 2.25. The number of hydrogen-bond donors (Lipinski definition) is 0. The molecule has 0 saturated carbocycles. The Kier molecular flexibility index (Phi) is 5.51. The van der Waals surface area contributed by atoms with Crippen LogP contribution in [0.25, 0.3) is 0 Å². The maximum Gasteiger partial charge on any atom is 0.229 e. The molecule has 8 heteroatoms. The van der Waals surface area contributed by atoms with Gasteiger partial charge in [0.15, 0.2) is 0 Å². The zero-order valence-electron chi connectivity index (χ0n) is 15.5. The summed E-state index contributed by atoms with van der Waals surface area (Å²) >= 11 is 12.2. The lowest BCUT2D eigenvalue weighted by Crippen LogP contribution is -2.52. The number of pyridine rings is 1. The summed E-state index contributed by atoms with van der Waals surface area (Å²) in [4.78, 5) is 21.3. The molecule has 1 amide bonds. The van der Waals surface area contributed by atoms with E-state index in [4.69, 9.17) is 32.7 Å². The van der Waals surface area contributed by atoms with Crippen LogP contribution >= 0.6 is 23.2 Å². The minimum Gasteiger partial charge on any atom is -0.497 e. The van der Waals surface area contributed by atoms with E-state index in [1.807, 2.05) is 23.1 Å². The van der Waals surface area contributed by atoms with Gasteiger partial charge in [-0.3, -0.25) is 4.79 Å². The van der Waals surface area contributed by atoms with Crippen LogP contribution < -0.4 is 14.4 Å².